The van der Waals surface area contributed by atoms with Crippen molar-refractivity contribution < 1.29 is 0 Å². The molecule has 0 aliphatic carbocycles. The van der Waals surface area contributed by atoms with Crippen LogP contribution in [-0.4, -0.2) is 9.97 Å². The Labute approximate surface area is 131 Å². The highest BCUT2D eigenvalue weighted by Gasteiger charge is 2.17. The van der Waals surface area contributed by atoms with Crippen molar-refractivity contribution in [2.24, 2.45) is 0 Å². The predicted octanol–water partition coefficient (Wildman–Crippen LogP) is 4.74. The molecule has 1 aromatic carbocycles. The molecule has 3 aromatic rings. The highest BCUT2D eigenvalue weighted by atomic mass is 35.5. The summed E-state index contributed by atoms with van der Waals surface area (Å²) in [5, 5.41) is 1.36. The number of benzene rings is 1. The second kappa shape index (κ2) is 5.28. The normalized spacial score (nSPS) is 11.5. The number of hydrogen-bond donors (Lipinski definition) is 1. The lowest BCUT2D eigenvalue weighted by Crippen LogP contribution is -2.12. The monoisotopic (exact) mass is 318 g/mol. The van der Waals surface area contributed by atoms with Gasteiger partial charge in [-0.05, 0) is 24.6 Å². The Balaban J connectivity index is 2.31. The van der Waals surface area contributed by atoms with E-state index in [-0.39, 0.29) is 11.5 Å². The molecular formula is C16H15ClN2OS. The number of halogens is 1. The Morgan fingerprint density at radius 3 is 2.52 bits per heavy atom. The summed E-state index contributed by atoms with van der Waals surface area (Å²) in [6, 6.07) is 7.55. The molecule has 3 rings (SSSR count). The number of aryl methyl sites for hydroxylation is 1. The van der Waals surface area contributed by atoms with Gasteiger partial charge in [-0.1, -0.05) is 37.6 Å². The number of hydrogen-bond acceptors (Lipinski definition) is 3. The zero-order valence-corrected chi connectivity index (χ0v) is 13.6. The van der Waals surface area contributed by atoms with Gasteiger partial charge in [0.2, 0.25) is 0 Å². The summed E-state index contributed by atoms with van der Waals surface area (Å²) in [4.78, 5) is 21.8. The highest BCUT2D eigenvalue weighted by Crippen LogP contribution is 2.36. The van der Waals surface area contributed by atoms with Crippen LogP contribution in [-0.2, 0) is 0 Å². The summed E-state index contributed by atoms with van der Waals surface area (Å²) < 4.78 is 0. The molecule has 0 fully saturated rings. The van der Waals surface area contributed by atoms with Crippen LogP contribution in [0.3, 0.4) is 0 Å². The Hall–Kier alpha value is -1.65. The largest absolute Gasteiger partial charge is 0.310 e. The van der Waals surface area contributed by atoms with Gasteiger partial charge < -0.3 is 4.98 Å². The summed E-state index contributed by atoms with van der Waals surface area (Å²) in [5.74, 6) is 0.930. The fourth-order valence-corrected chi connectivity index (χ4v) is 3.55. The van der Waals surface area contributed by atoms with E-state index in [0.29, 0.717) is 10.4 Å². The van der Waals surface area contributed by atoms with Gasteiger partial charge in [-0.25, -0.2) is 4.98 Å². The zero-order valence-electron chi connectivity index (χ0n) is 12.0. The maximum atomic E-state index is 12.5. The first-order chi connectivity index (χ1) is 9.97. The number of nitrogens with one attached hydrogen (secondary N) is 1. The van der Waals surface area contributed by atoms with Crippen molar-refractivity contribution in [2.45, 2.75) is 26.7 Å². The number of fused-ring (bicyclic) bond motifs is 1. The summed E-state index contributed by atoms with van der Waals surface area (Å²) >= 11 is 7.50. The van der Waals surface area contributed by atoms with Crippen LogP contribution in [0.4, 0.5) is 0 Å². The first-order valence-electron chi connectivity index (χ1n) is 6.76. The third-order valence-electron chi connectivity index (χ3n) is 3.44. The van der Waals surface area contributed by atoms with Gasteiger partial charge in [0.1, 0.15) is 10.7 Å². The molecule has 0 unspecified atom stereocenters. The molecule has 0 amide bonds. The van der Waals surface area contributed by atoms with E-state index in [4.69, 9.17) is 11.6 Å². The van der Waals surface area contributed by atoms with E-state index < -0.39 is 0 Å². The van der Waals surface area contributed by atoms with Gasteiger partial charge in [0, 0.05) is 21.4 Å². The Bertz CT molecular complexity index is 862. The third-order valence-corrected chi connectivity index (χ3v) is 4.69. The molecule has 0 saturated carbocycles. The highest BCUT2D eigenvalue weighted by molar-refractivity contribution is 7.19. The van der Waals surface area contributed by atoms with Crippen LogP contribution in [0.1, 0.15) is 30.5 Å². The van der Waals surface area contributed by atoms with E-state index in [1.807, 2.05) is 45.0 Å². The molecule has 2 heterocycles. The summed E-state index contributed by atoms with van der Waals surface area (Å²) in [6.45, 7) is 6.06. The van der Waals surface area contributed by atoms with Gasteiger partial charge in [-0.15, -0.1) is 11.3 Å². The first kappa shape index (κ1) is 14.3. The minimum atomic E-state index is -0.0713. The van der Waals surface area contributed by atoms with E-state index in [9.17, 15) is 4.79 Å². The van der Waals surface area contributed by atoms with Gasteiger partial charge in [0.05, 0.1) is 5.39 Å². The molecule has 0 aliphatic rings. The van der Waals surface area contributed by atoms with Crippen molar-refractivity contribution >= 4 is 33.2 Å². The number of thiophene rings is 1. The van der Waals surface area contributed by atoms with Crippen LogP contribution in [0.5, 0.6) is 0 Å². The topological polar surface area (TPSA) is 45.8 Å². The number of aromatic nitrogens is 2. The predicted molar refractivity (Wildman–Crippen MR) is 89.5 cm³/mol. The summed E-state index contributed by atoms with van der Waals surface area (Å²) in [7, 11) is 0. The van der Waals surface area contributed by atoms with Crippen molar-refractivity contribution in [1.29, 1.82) is 0 Å². The van der Waals surface area contributed by atoms with E-state index in [1.165, 1.54) is 0 Å². The maximum absolute atomic E-state index is 12.5. The number of nitrogens with zero attached hydrogens (tertiary/aromatic N) is 1. The molecule has 21 heavy (non-hydrogen) atoms. The van der Waals surface area contributed by atoms with Crippen molar-refractivity contribution in [3.8, 4) is 11.1 Å². The van der Waals surface area contributed by atoms with Gasteiger partial charge in [-0.2, -0.15) is 0 Å². The Morgan fingerprint density at radius 2 is 1.90 bits per heavy atom. The van der Waals surface area contributed by atoms with Crippen LogP contribution < -0.4 is 5.56 Å². The fraction of sp³-hybridized carbons (Fsp3) is 0.250. The molecule has 0 aliphatic heterocycles. The number of rotatable bonds is 2. The zero-order chi connectivity index (χ0) is 15.1. The van der Waals surface area contributed by atoms with Crippen molar-refractivity contribution in [2.75, 3.05) is 0 Å². The number of aromatic amines is 1. The van der Waals surface area contributed by atoms with Crippen molar-refractivity contribution in [1.82, 2.24) is 9.97 Å². The molecular weight excluding hydrogens is 304 g/mol. The molecule has 1 N–H and O–H groups in total. The lowest BCUT2D eigenvalue weighted by Gasteiger charge is -2.05. The molecule has 0 spiro atoms. The van der Waals surface area contributed by atoms with E-state index in [2.05, 4.69) is 9.97 Å². The minimum Gasteiger partial charge on any atom is -0.310 e. The van der Waals surface area contributed by atoms with Gasteiger partial charge in [-0.3, -0.25) is 4.79 Å². The Kier molecular flexibility index (Phi) is 3.59. The van der Waals surface area contributed by atoms with Crippen LogP contribution in [0.25, 0.3) is 21.3 Å². The first-order valence-corrected chi connectivity index (χ1v) is 7.96. The molecule has 2 aromatic heterocycles. The smallest absolute Gasteiger partial charge is 0.260 e. The second-order valence-corrected chi connectivity index (χ2v) is 6.97. The van der Waals surface area contributed by atoms with Gasteiger partial charge in [0.25, 0.3) is 5.56 Å². The number of H-pyrrole nitrogens is 1. The van der Waals surface area contributed by atoms with Crippen LogP contribution in [0, 0.1) is 6.92 Å². The molecule has 0 bridgehead atoms. The summed E-state index contributed by atoms with van der Waals surface area (Å²) in [6.07, 6.45) is 0. The standard InChI is InChI=1S/C16H15ClN2OS/c1-8(2)14-18-15(20)13-12(9(3)21-16(13)19-14)10-4-6-11(17)7-5-10/h4-8H,1-3H3,(H,18,19,20). The maximum Gasteiger partial charge on any atom is 0.260 e. The van der Waals surface area contributed by atoms with Crippen LogP contribution in [0.15, 0.2) is 29.1 Å². The Morgan fingerprint density at radius 1 is 1.24 bits per heavy atom. The molecule has 0 atom stereocenters. The van der Waals surface area contributed by atoms with E-state index >= 15 is 0 Å². The third kappa shape index (κ3) is 2.49. The van der Waals surface area contributed by atoms with Crippen LogP contribution in [0.2, 0.25) is 5.02 Å². The SMILES string of the molecule is Cc1sc2nc(C(C)C)[nH]c(=O)c2c1-c1ccc(Cl)cc1. The molecule has 0 saturated heterocycles. The molecule has 3 nitrogen and oxygen atoms in total. The summed E-state index contributed by atoms with van der Waals surface area (Å²) in [5.41, 5.74) is 1.88. The average molecular weight is 319 g/mol. The minimum absolute atomic E-state index is 0.0713. The lowest BCUT2D eigenvalue weighted by atomic mass is 10.0. The van der Waals surface area contributed by atoms with Crippen LogP contribution >= 0.6 is 22.9 Å². The van der Waals surface area contributed by atoms with Crippen molar-refractivity contribution in [3.05, 3.63) is 50.3 Å². The van der Waals surface area contributed by atoms with E-state index in [1.54, 1.807) is 11.3 Å². The van der Waals surface area contributed by atoms with Gasteiger partial charge in [0.15, 0.2) is 0 Å². The van der Waals surface area contributed by atoms with Gasteiger partial charge >= 0.3 is 0 Å². The average Bonchev–Trinajstić information content (AvgIpc) is 2.76. The lowest BCUT2D eigenvalue weighted by molar-refractivity contribution is 0.778. The molecule has 108 valence electrons. The van der Waals surface area contributed by atoms with E-state index in [0.717, 1.165) is 26.7 Å². The second-order valence-electron chi connectivity index (χ2n) is 5.33. The van der Waals surface area contributed by atoms with Crippen molar-refractivity contribution in [3.63, 3.8) is 0 Å². The molecule has 5 heteroatoms. The quantitative estimate of drug-likeness (QED) is 0.742. The molecule has 0 radical (unpaired) electrons. The fourth-order valence-electron chi connectivity index (χ4n) is 2.37.